The van der Waals surface area contributed by atoms with Crippen molar-refractivity contribution in [1.29, 1.82) is 0 Å². The van der Waals surface area contributed by atoms with E-state index in [4.69, 9.17) is 0 Å². The third kappa shape index (κ3) is 5.07. The van der Waals surface area contributed by atoms with E-state index in [1.54, 1.807) is 50.2 Å². The number of aryl methyl sites for hydroxylation is 1. The number of carbonyl (C=O) groups is 1. The molecule has 1 atom stereocenters. The van der Waals surface area contributed by atoms with Gasteiger partial charge in [-0.2, -0.15) is 8.61 Å². The fourth-order valence-electron chi connectivity index (χ4n) is 3.71. The minimum atomic E-state index is -3.77. The van der Waals surface area contributed by atoms with Crippen molar-refractivity contribution in [1.82, 2.24) is 13.9 Å². The maximum Gasteiger partial charge on any atom is 0.252 e. The van der Waals surface area contributed by atoms with Crippen molar-refractivity contribution in [2.75, 3.05) is 19.6 Å². The van der Waals surface area contributed by atoms with E-state index in [1.165, 1.54) is 8.61 Å². The number of amides is 1. The first kappa shape index (κ1) is 24.8. The molecule has 3 rings (SSSR count). The smallest absolute Gasteiger partial charge is 0.252 e. The molecule has 0 saturated carbocycles. The highest BCUT2D eigenvalue weighted by Crippen LogP contribution is 2.28. The lowest BCUT2D eigenvalue weighted by Crippen LogP contribution is -2.45. The van der Waals surface area contributed by atoms with Crippen LogP contribution >= 0.6 is 11.3 Å². The number of hydrogen-bond donors (Lipinski definition) is 1. The van der Waals surface area contributed by atoms with Crippen molar-refractivity contribution in [3.05, 3.63) is 46.8 Å². The minimum Gasteiger partial charge on any atom is -0.350 e. The molecule has 0 aliphatic carbocycles. The van der Waals surface area contributed by atoms with Crippen LogP contribution in [0.1, 0.15) is 37.1 Å². The van der Waals surface area contributed by atoms with Crippen molar-refractivity contribution < 1.29 is 21.6 Å². The first-order valence-corrected chi connectivity index (χ1v) is 14.3. The number of sulfonamides is 2. The molecule has 1 amide bonds. The summed E-state index contributed by atoms with van der Waals surface area (Å²) in [5, 5.41) is 2.78. The monoisotopic (exact) mass is 499 g/mol. The first-order valence-electron chi connectivity index (χ1n) is 10.6. The van der Waals surface area contributed by atoms with Gasteiger partial charge in [0.25, 0.3) is 10.0 Å². The number of carbonyl (C=O) groups excluding carboxylic acids is 1. The Bertz CT molecular complexity index is 1150. The summed E-state index contributed by atoms with van der Waals surface area (Å²) in [6.07, 6.45) is 1.05. The fraction of sp³-hybridized carbons (Fsp3) is 0.476. The summed E-state index contributed by atoms with van der Waals surface area (Å²) in [6.45, 7) is 6.66. The number of thiophene rings is 1. The zero-order valence-corrected chi connectivity index (χ0v) is 20.9. The predicted molar refractivity (Wildman–Crippen MR) is 124 cm³/mol. The Balaban J connectivity index is 1.69. The Labute approximate surface area is 194 Å². The van der Waals surface area contributed by atoms with Gasteiger partial charge in [-0.05, 0) is 44.0 Å². The lowest BCUT2D eigenvalue weighted by molar-refractivity contribution is -0.124. The predicted octanol–water partition coefficient (Wildman–Crippen LogP) is 2.56. The molecule has 1 fully saturated rings. The second-order valence-corrected chi connectivity index (χ2v) is 12.8. The Morgan fingerprint density at radius 2 is 1.75 bits per heavy atom. The van der Waals surface area contributed by atoms with Gasteiger partial charge in [0.05, 0.1) is 11.4 Å². The first-order chi connectivity index (χ1) is 15.1. The van der Waals surface area contributed by atoms with Crippen LogP contribution in [-0.2, 0) is 31.4 Å². The van der Waals surface area contributed by atoms with Crippen molar-refractivity contribution in [2.24, 2.45) is 0 Å². The zero-order chi connectivity index (χ0) is 23.5. The van der Waals surface area contributed by atoms with Gasteiger partial charge < -0.3 is 5.32 Å². The van der Waals surface area contributed by atoms with Gasteiger partial charge in [-0.15, -0.1) is 11.3 Å². The number of rotatable bonds is 9. The van der Waals surface area contributed by atoms with Crippen molar-refractivity contribution in [3.63, 3.8) is 0 Å². The Hall–Kier alpha value is -1.79. The van der Waals surface area contributed by atoms with Crippen LogP contribution in [0.25, 0.3) is 0 Å². The standard InChI is InChI=1S/C21H29N3O5S3/c1-4-23(5-2)32(28,29)20-13-10-17(30-20)15-22-21(25)19-7-6-14-24(19)31(26,27)18-11-8-16(3)9-12-18/h8-13,19H,4-7,14-15H2,1-3H3,(H,22,25)/t19-/m0/s1. The van der Waals surface area contributed by atoms with Crippen LogP contribution < -0.4 is 5.32 Å². The molecule has 2 aromatic rings. The minimum absolute atomic E-state index is 0.145. The molecule has 8 nitrogen and oxygen atoms in total. The average Bonchev–Trinajstić information content (AvgIpc) is 3.43. The van der Waals surface area contributed by atoms with Gasteiger partial charge in [-0.1, -0.05) is 31.5 Å². The Kier molecular flexibility index (Phi) is 7.77. The lowest BCUT2D eigenvalue weighted by Gasteiger charge is -2.23. The maximum absolute atomic E-state index is 13.0. The van der Waals surface area contributed by atoms with E-state index in [0.29, 0.717) is 37.4 Å². The average molecular weight is 500 g/mol. The summed E-state index contributed by atoms with van der Waals surface area (Å²) in [5.41, 5.74) is 0.956. The lowest BCUT2D eigenvalue weighted by atomic mass is 10.2. The van der Waals surface area contributed by atoms with E-state index in [0.717, 1.165) is 16.9 Å². The highest BCUT2D eigenvalue weighted by Gasteiger charge is 2.39. The second kappa shape index (κ2) is 10.0. The van der Waals surface area contributed by atoms with Crippen LogP contribution in [0.5, 0.6) is 0 Å². The second-order valence-electron chi connectivity index (χ2n) is 7.61. The summed E-state index contributed by atoms with van der Waals surface area (Å²) in [7, 11) is -7.32. The van der Waals surface area contributed by atoms with E-state index in [1.807, 2.05) is 6.92 Å². The number of hydrogen-bond acceptors (Lipinski definition) is 6. The van der Waals surface area contributed by atoms with Gasteiger partial charge in [0.2, 0.25) is 15.9 Å². The Morgan fingerprint density at radius 3 is 2.38 bits per heavy atom. The van der Waals surface area contributed by atoms with Gasteiger partial charge in [-0.25, -0.2) is 16.8 Å². The van der Waals surface area contributed by atoms with Gasteiger partial charge in [0.1, 0.15) is 10.3 Å². The molecule has 1 saturated heterocycles. The summed E-state index contributed by atoms with van der Waals surface area (Å²) in [5.74, 6) is -0.375. The van der Waals surface area contributed by atoms with Gasteiger partial charge in [0, 0.05) is 24.5 Å². The van der Waals surface area contributed by atoms with Crippen LogP contribution in [0.3, 0.4) is 0 Å². The van der Waals surface area contributed by atoms with E-state index >= 15 is 0 Å². The summed E-state index contributed by atoms with van der Waals surface area (Å²) >= 11 is 1.11. The molecule has 0 unspecified atom stereocenters. The molecular formula is C21H29N3O5S3. The van der Waals surface area contributed by atoms with E-state index < -0.39 is 26.1 Å². The Morgan fingerprint density at radius 1 is 1.09 bits per heavy atom. The molecule has 176 valence electrons. The third-order valence-electron chi connectivity index (χ3n) is 5.51. The van der Waals surface area contributed by atoms with Crippen LogP contribution in [0.2, 0.25) is 0 Å². The van der Waals surface area contributed by atoms with Crippen LogP contribution in [-0.4, -0.2) is 57.0 Å². The quantitative estimate of drug-likeness (QED) is 0.571. The molecule has 1 aliphatic heterocycles. The van der Waals surface area contributed by atoms with E-state index in [9.17, 15) is 21.6 Å². The van der Waals surface area contributed by atoms with Crippen LogP contribution in [0.15, 0.2) is 45.5 Å². The van der Waals surface area contributed by atoms with Crippen molar-refractivity contribution >= 4 is 37.3 Å². The molecule has 11 heteroatoms. The molecule has 32 heavy (non-hydrogen) atoms. The van der Waals surface area contributed by atoms with Crippen LogP contribution in [0.4, 0.5) is 0 Å². The summed E-state index contributed by atoms with van der Waals surface area (Å²) < 4.78 is 54.2. The highest BCUT2D eigenvalue weighted by molar-refractivity contribution is 7.91. The van der Waals surface area contributed by atoms with Gasteiger partial charge in [-0.3, -0.25) is 4.79 Å². The molecule has 2 heterocycles. The highest BCUT2D eigenvalue weighted by atomic mass is 32.2. The topological polar surface area (TPSA) is 104 Å². The van der Waals surface area contributed by atoms with Gasteiger partial charge >= 0.3 is 0 Å². The summed E-state index contributed by atoms with van der Waals surface area (Å²) in [6, 6.07) is 9.03. The van der Waals surface area contributed by atoms with Crippen LogP contribution in [0, 0.1) is 6.92 Å². The zero-order valence-electron chi connectivity index (χ0n) is 18.4. The van der Waals surface area contributed by atoms with Crippen molar-refractivity contribution in [3.8, 4) is 0 Å². The number of nitrogens with one attached hydrogen (secondary N) is 1. The third-order valence-corrected chi connectivity index (χ3v) is 11.0. The molecule has 1 aromatic carbocycles. The SMILES string of the molecule is CCN(CC)S(=O)(=O)c1ccc(CNC(=O)[C@@H]2CCCN2S(=O)(=O)c2ccc(C)cc2)s1. The van der Waals surface area contributed by atoms with Gasteiger partial charge in [0.15, 0.2) is 0 Å². The molecule has 1 N–H and O–H groups in total. The van der Waals surface area contributed by atoms with E-state index in [2.05, 4.69) is 5.32 Å². The number of nitrogens with zero attached hydrogens (tertiary/aromatic N) is 2. The number of benzene rings is 1. The largest absolute Gasteiger partial charge is 0.350 e. The molecule has 1 aromatic heterocycles. The molecule has 0 spiro atoms. The molecule has 1 aliphatic rings. The van der Waals surface area contributed by atoms with Crippen molar-refractivity contribution in [2.45, 2.75) is 55.3 Å². The normalized spacial score (nSPS) is 17.7. The molecule has 0 radical (unpaired) electrons. The fourth-order valence-corrected chi connectivity index (χ4v) is 8.27. The van der Waals surface area contributed by atoms with E-state index in [-0.39, 0.29) is 21.6 Å². The summed E-state index contributed by atoms with van der Waals surface area (Å²) in [4.78, 5) is 13.7. The maximum atomic E-state index is 13.0. The molecular weight excluding hydrogens is 470 g/mol. The molecule has 0 bridgehead atoms.